The maximum atomic E-state index is 12.1. The van der Waals surface area contributed by atoms with Crippen molar-refractivity contribution in [1.29, 1.82) is 0 Å². The highest BCUT2D eigenvalue weighted by molar-refractivity contribution is 6.05. The van der Waals surface area contributed by atoms with E-state index in [2.05, 4.69) is 16.9 Å². The van der Waals surface area contributed by atoms with E-state index in [1.165, 1.54) is 31.9 Å². The lowest BCUT2D eigenvalue weighted by Gasteiger charge is -2.14. The van der Waals surface area contributed by atoms with Crippen LogP contribution in [0.5, 0.6) is 11.5 Å². The van der Waals surface area contributed by atoms with Crippen molar-refractivity contribution in [1.82, 2.24) is 0 Å². The Morgan fingerprint density at radius 2 is 1.59 bits per heavy atom. The molecule has 1 N–H and O–H groups in total. The first-order valence-corrected chi connectivity index (χ1v) is 8.77. The second-order valence-electron chi connectivity index (χ2n) is 5.96. The number of ether oxygens (including phenoxy) is 3. The molecule has 0 radical (unpaired) electrons. The molecule has 0 saturated carbocycles. The van der Waals surface area contributed by atoms with Crippen molar-refractivity contribution in [2.24, 2.45) is 0 Å². The summed E-state index contributed by atoms with van der Waals surface area (Å²) in [6.07, 6.45) is 3.66. The first-order valence-electron chi connectivity index (χ1n) is 8.77. The summed E-state index contributed by atoms with van der Waals surface area (Å²) >= 11 is 0. The Labute approximate surface area is 158 Å². The van der Waals surface area contributed by atoms with Crippen LogP contribution < -0.4 is 4.74 Å². The third-order valence-corrected chi connectivity index (χ3v) is 4.13. The normalized spacial score (nSPS) is 10.3. The number of carbonyl (C=O) groups is 2. The number of hydrogen-bond acceptors (Lipinski definition) is 6. The zero-order chi connectivity index (χ0) is 19.6. The van der Waals surface area contributed by atoms with E-state index in [9.17, 15) is 14.7 Å². The number of benzene rings is 2. The molecule has 2 aromatic carbocycles. The summed E-state index contributed by atoms with van der Waals surface area (Å²) in [5.41, 5.74) is 1.14. The molecule has 0 spiro atoms. The number of phenolic OH excluding ortho intramolecular Hbond substituents is 1. The smallest absolute Gasteiger partial charge is 0.342 e. The Bertz CT molecular complexity index is 770. The van der Waals surface area contributed by atoms with Gasteiger partial charge in [0.15, 0.2) is 11.5 Å². The van der Waals surface area contributed by atoms with Gasteiger partial charge in [-0.05, 0) is 43.4 Å². The summed E-state index contributed by atoms with van der Waals surface area (Å²) in [5, 5.41) is 10.1. The number of rotatable bonds is 9. The third-order valence-electron chi connectivity index (χ3n) is 4.13. The molecule has 6 heteroatoms. The minimum Gasteiger partial charge on any atom is -0.504 e. The zero-order valence-corrected chi connectivity index (χ0v) is 15.6. The fraction of sp³-hybridized carbons (Fsp3) is 0.333. The highest BCUT2D eigenvalue weighted by Crippen LogP contribution is 2.34. The summed E-state index contributed by atoms with van der Waals surface area (Å²) in [6, 6.07) is 12.8. The second-order valence-corrected chi connectivity index (χ2v) is 5.96. The number of aryl methyl sites for hydroxylation is 1. The Morgan fingerprint density at radius 1 is 0.889 bits per heavy atom. The molecular formula is C21H24O6. The molecule has 0 aliphatic rings. The van der Waals surface area contributed by atoms with Gasteiger partial charge in [-0.3, -0.25) is 0 Å². The molecule has 6 nitrogen and oxygen atoms in total. The van der Waals surface area contributed by atoms with Crippen LogP contribution in [0.1, 0.15) is 45.5 Å². The number of unbranched alkanes of at least 4 members (excludes halogenated alkanes) is 2. The first-order chi connectivity index (χ1) is 13.1. The lowest BCUT2D eigenvalue weighted by Crippen LogP contribution is -2.14. The van der Waals surface area contributed by atoms with Gasteiger partial charge in [0, 0.05) is 0 Å². The lowest BCUT2D eigenvalue weighted by atomic mass is 10.1. The molecule has 0 aliphatic carbocycles. The highest BCUT2D eigenvalue weighted by Gasteiger charge is 2.26. The van der Waals surface area contributed by atoms with E-state index in [0.717, 1.165) is 25.7 Å². The number of phenols is 1. The number of aromatic hydroxyl groups is 1. The van der Waals surface area contributed by atoms with Crippen LogP contribution in [0.3, 0.4) is 0 Å². The standard InChI is InChI=1S/C21H24O6/c1-25-20(23)16-12-13-17(22)19(18(16)21(24)26-2)27-14-8-4-7-11-15-9-5-3-6-10-15/h3,5-6,9-10,12-13,22H,4,7-8,11,14H2,1-2H3. The number of carbonyl (C=O) groups excluding carboxylic acids is 2. The second kappa shape index (κ2) is 10.2. The zero-order valence-electron chi connectivity index (χ0n) is 15.6. The maximum Gasteiger partial charge on any atom is 0.342 e. The summed E-state index contributed by atoms with van der Waals surface area (Å²) in [6.45, 7) is 0.303. The molecule has 0 aromatic heterocycles. The highest BCUT2D eigenvalue weighted by atomic mass is 16.5. The van der Waals surface area contributed by atoms with Crippen molar-refractivity contribution < 1.29 is 28.9 Å². The Hall–Kier alpha value is -3.02. The predicted octanol–water partition coefficient (Wildman–Crippen LogP) is 3.76. The number of methoxy groups -OCH3 is 2. The van der Waals surface area contributed by atoms with E-state index in [0.29, 0.717) is 6.61 Å². The minimum absolute atomic E-state index is 0.0128. The molecule has 0 unspecified atom stereocenters. The van der Waals surface area contributed by atoms with Crippen molar-refractivity contribution in [2.75, 3.05) is 20.8 Å². The maximum absolute atomic E-state index is 12.1. The molecule has 0 saturated heterocycles. The van der Waals surface area contributed by atoms with Gasteiger partial charge in [0.2, 0.25) is 0 Å². The van der Waals surface area contributed by atoms with Gasteiger partial charge in [-0.15, -0.1) is 0 Å². The summed E-state index contributed by atoms with van der Waals surface area (Å²) in [7, 11) is 2.41. The van der Waals surface area contributed by atoms with E-state index in [1.807, 2.05) is 18.2 Å². The molecule has 2 rings (SSSR count). The van der Waals surface area contributed by atoms with Gasteiger partial charge in [-0.1, -0.05) is 30.3 Å². The van der Waals surface area contributed by atoms with Crippen LogP contribution in [-0.4, -0.2) is 37.9 Å². The monoisotopic (exact) mass is 372 g/mol. The van der Waals surface area contributed by atoms with Gasteiger partial charge in [-0.25, -0.2) is 9.59 Å². The fourth-order valence-electron chi connectivity index (χ4n) is 2.73. The molecule has 0 amide bonds. The van der Waals surface area contributed by atoms with Crippen molar-refractivity contribution in [2.45, 2.75) is 25.7 Å². The van der Waals surface area contributed by atoms with Crippen LogP contribution >= 0.6 is 0 Å². The molecule has 0 fully saturated rings. The van der Waals surface area contributed by atoms with Gasteiger partial charge in [-0.2, -0.15) is 0 Å². The lowest BCUT2D eigenvalue weighted by molar-refractivity contribution is 0.0550. The van der Waals surface area contributed by atoms with E-state index < -0.39 is 11.9 Å². The quantitative estimate of drug-likeness (QED) is 0.533. The van der Waals surface area contributed by atoms with Crippen molar-refractivity contribution in [3.63, 3.8) is 0 Å². The molecule has 0 bridgehead atoms. The number of esters is 2. The van der Waals surface area contributed by atoms with Crippen LogP contribution in [0.4, 0.5) is 0 Å². The molecule has 144 valence electrons. The van der Waals surface area contributed by atoms with E-state index in [1.54, 1.807) is 0 Å². The van der Waals surface area contributed by atoms with Gasteiger partial charge >= 0.3 is 11.9 Å². The van der Waals surface area contributed by atoms with Gasteiger partial charge in [0.25, 0.3) is 0 Å². The molecule has 0 aliphatic heterocycles. The molecule has 0 atom stereocenters. The van der Waals surface area contributed by atoms with E-state index in [-0.39, 0.29) is 22.6 Å². The predicted molar refractivity (Wildman–Crippen MR) is 100 cm³/mol. The van der Waals surface area contributed by atoms with Crippen LogP contribution in [-0.2, 0) is 15.9 Å². The SMILES string of the molecule is COC(=O)c1ccc(O)c(OCCCCCc2ccccc2)c1C(=O)OC. The van der Waals surface area contributed by atoms with E-state index >= 15 is 0 Å². The van der Waals surface area contributed by atoms with Crippen LogP contribution in [0.25, 0.3) is 0 Å². The average molecular weight is 372 g/mol. The van der Waals surface area contributed by atoms with Crippen LogP contribution in [0, 0.1) is 0 Å². The summed E-state index contributed by atoms with van der Waals surface area (Å²) in [5.74, 6) is -1.77. The third kappa shape index (κ3) is 5.48. The van der Waals surface area contributed by atoms with Gasteiger partial charge in [0.1, 0.15) is 5.56 Å². The van der Waals surface area contributed by atoms with Gasteiger partial charge in [0.05, 0.1) is 26.4 Å². The Kier molecular flexibility index (Phi) is 7.67. The molecule has 27 heavy (non-hydrogen) atoms. The fourth-order valence-corrected chi connectivity index (χ4v) is 2.73. The largest absolute Gasteiger partial charge is 0.504 e. The number of hydrogen-bond donors (Lipinski definition) is 1. The van der Waals surface area contributed by atoms with Crippen LogP contribution in [0.2, 0.25) is 0 Å². The molecular weight excluding hydrogens is 348 g/mol. The summed E-state index contributed by atoms with van der Waals surface area (Å²) < 4.78 is 15.0. The van der Waals surface area contributed by atoms with E-state index in [4.69, 9.17) is 9.47 Å². The molecule has 0 heterocycles. The van der Waals surface area contributed by atoms with Crippen molar-refractivity contribution in [3.05, 3.63) is 59.2 Å². The van der Waals surface area contributed by atoms with Crippen LogP contribution in [0.15, 0.2) is 42.5 Å². The first kappa shape index (κ1) is 20.3. The topological polar surface area (TPSA) is 82.1 Å². The van der Waals surface area contributed by atoms with Crippen molar-refractivity contribution in [3.8, 4) is 11.5 Å². The molecule has 2 aromatic rings. The minimum atomic E-state index is -0.773. The average Bonchev–Trinajstić information content (AvgIpc) is 2.70. The van der Waals surface area contributed by atoms with Gasteiger partial charge < -0.3 is 19.3 Å². The Balaban J connectivity index is 1.98. The Morgan fingerprint density at radius 3 is 2.26 bits per heavy atom. The van der Waals surface area contributed by atoms with Crippen molar-refractivity contribution >= 4 is 11.9 Å². The summed E-state index contributed by atoms with van der Waals surface area (Å²) in [4.78, 5) is 24.0.